The molecule has 2 rings (SSSR count). The molecule has 0 spiro atoms. The minimum Gasteiger partial charge on any atom is -0.201 e. The zero-order valence-electron chi connectivity index (χ0n) is 14.3. The lowest BCUT2D eigenvalue weighted by Gasteiger charge is -2.28. The highest BCUT2D eigenvalue weighted by Crippen LogP contribution is 2.34. The van der Waals surface area contributed by atoms with Crippen LogP contribution in [0.5, 0.6) is 0 Å². The Balaban J connectivity index is 2.67. The van der Waals surface area contributed by atoms with E-state index < -0.39 is 0 Å². The fourth-order valence-electron chi connectivity index (χ4n) is 3.19. The Morgan fingerprint density at radius 2 is 1.62 bits per heavy atom. The molecular weight excluding hydrogens is 254 g/mol. The van der Waals surface area contributed by atoms with E-state index in [1.807, 2.05) is 0 Å². The van der Waals surface area contributed by atoms with Crippen molar-refractivity contribution in [2.75, 3.05) is 0 Å². The first-order chi connectivity index (χ1) is 9.92. The summed E-state index contributed by atoms with van der Waals surface area (Å²) >= 11 is 0. The molecule has 0 amide bonds. The topological polar surface area (TPSA) is 3.88 Å². The Morgan fingerprint density at radius 3 is 2.19 bits per heavy atom. The number of pyridine rings is 1. The molecule has 1 aromatic heterocycles. The van der Waals surface area contributed by atoms with Crippen LogP contribution < -0.4 is 4.57 Å². The monoisotopic (exact) mass is 282 g/mol. The molecule has 2 aromatic rings. The average molecular weight is 282 g/mol. The summed E-state index contributed by atoms with van der Waals surface area (Å²) in [6.45, 7) is 11.4. The molecule has 0 N–H and O–H groups in total. The lowest BCUT2D eigenvalue weighted by molar-refractivity contribution is -0.660. The number of hydrogen-bond acceptors (Lipinski definition) is 0. The van der Waals surface area contributed by atoms with Crippen LogP contribution in [0.25, 0.3) is 11.3 Å². The summed E-state index contributed by atoms with van der Waals surface area (Å²) in [5, 5.41) is 0. The second-order valence-electron chi connectivity index (χ2n) is 6.45. The smallest absolute Gasteiger partial charge is 0.201 e. The predicted octanol–water partition coefficient (Wildman–Crippen LogP) is 4.87. The molecule has 1 nitrogen and oxygen atoms in total. The lowest BCUT2D eigenvalue weighted by atomic mass is 9.76. The molecule has 0 aliphatic carbocycles. The molecule has 1 heteroatoms. The SMILES string of the molecule is CCC(C)(CC)c1cc(-c2ccccc2C)[n+](C)cc1C. The van der Waals surface area contributed by atoms with Crippen molar-refractivity contribution in [1.29, 1.82) is 0 Å². The summed E-state index contributed by atoms with van der Waals surface area (Å²) < 4.78 is 2.26. The van der Waals surface area contributed by atoms with Gasteiger partial charge in [0, 0.05) is 17.2 Å². The van der Waals surface area contributed by atoms with Gasteiger partial charge in [0.15, 0.2) is 6.20 Å². The third-order valence-corrected chi connectivity index (χ3v) is 5.11. The Bertz CT molecular complexity index is 636. The van der Waals surface area contributed by atoms with E-state index in [1.165, 1.54) is 40.8 Å². The summed E-state index contributed by atoms with van der Waals surface area (Å²) in [6.07, 6.45) is 4.62. The van der Waals surface area contributed by atoms with E-state index in [-0.39, 0.29) is 5.41 Å². The number of nitrogens with zero attached hydrogens (tertiary/aromatic N) is 1. The Kier molecular flexibility index (Phi) is 4.51. The highest BCUT2D eigenvalue weighted by atomic mass is 14.9. The number of aryl methyl sites for hydroxylation is 3. The van der Waals surface area contributed by atoms with Crippen LogP contribution in [0.2, 0.25) is 0 Å². The minimum atomic E-state index is 0.260. The molecule has 0 saturated heterocycles. The summed E-state index contributed by atoms with van der Waals surface area (Å²) in [4.78, 5) is 0. The average Bonchev–Trinajstić information content (AvgIpc) is 2.48. The molecule has 0 unspecified atom stereocenters. The first-order valence-corrected chi connectivity index (χ1v) is 7.99. The van der Waals surface area contributed by atoms with Crippen LogP contribution in [-0.4, -0.2) is 0 Å². The van der Waals surface area contributed by atoms with Crippen molar-refractivity contribution in [3.05, 3.63) is 53.2 Å². The van der Waals surface area contributed by atoms with Gasteiger partial charge in [-0.2, -0.15) is 0 Å². The van der Waals surface area contributed by atoms with E-state index in [4.69, 9.17) is 0 Å². The Labute approximate surface area is 129 Å². The van der Waals surface area contributed by atoms with Crippen molar-refractivity contribution in [1.82, 2.24) is 0 Å². The molecule has 0 aliphatic heterocycles. The summed E-state index contributed by atoms with van der Waals surface area (Å²) in [5.41, 5.74) is 7.11. The Hall–Kier alpha value is -1.63. The van der Waals surface area contributed by atoms with Gasteiger partial charge in [0.05, 0.1) is 0 Å². The zero-order valence-corrected chi connectivity index (χ0v) is 14.3. The lowest BCUT2D eigenvalue weighted by Crippen LogP contribution is -2.34. The number of hydrogen-bond donors (Lipinski definition) is 0. The van der Waals surface area contributed by atoms with Crippen molar-refractivity contribution in [2.24, 2.45) is 7.05 Å². The predicted molar refractivity (Wildman–Crippen MR) is 90.5 cm³/mol. The van der Waals surface area contributed by atoms with Crippen LogP contribution >= 0.6 is 0 Å². The van der Waals surface area contributed by atoms with Gasteiger partial charge in [-0.25, -0.2) is 4.57 Å². The first-order valence-electron chi connectivity index (χ1n) is 7.99. The molecule has 0 fully saturated rings. The maximum absolute atomic E-state index is 2.41. The molecule has 1 aromatic carbocycles. The summed E-state index contributed by atoms with van der Waals surface area (Å²) in [7, 11) is 2.15. The van der Waals surface area contributed by atoms with E-state index in [2.05, 4.69) is 82.8 Å². The van der Waals surface area contributed by atoms with Crippen LogP contribution in [0.3, 0.4) is 0 Å². The van der Waals surface area contributed by atoms with Crippen molar-refractivity contribution in [3.8, 4) is 11.3 Å². The number of aromatic nitrogens is 1. The Morgan fingerprint density at radius 1 is 1.00 bits per heavy atom. The van der Waals surface area contributed by atoms with Crippen molar-refractivity contribution in [2.45, 2.75) is 52.9 Å². The second-order valence-corrected chi connectivity index (χ2v) is 6.45. The van der Waals surface area contributed by atoms with Crippen LogP contribution in [0.4, 0.5) is 0 Å². The number of benzene rings is 1. The molecule has 21 heavy (non-hydrogen) atoms. The van der Waals surface area contributed by atoms with Gasteiger partial charge in [-0.05, 0) is 49.3 Å². The number of rotatable bonds is 4. The van der Waals surface area contributed by atoms with Gasteiger partial charge in [-0.15, -0.1) is 0 Å². The second kappa shape index (κ2) is 6.01. The van der Waals surface area contributed by atoms with Crippen molar-refractivity contribution in [3.63, 3.8) is 0 Å². The van der Waals surface area contributed by atoms with Crippen molar-refractivity contribution >= 4 is 0 Å². The van der Waals surface area contributed by atoms with Gasteiger partial charge >= 0.3 is 0 Å². The summed E-state index contributed by atoms with van der Waals surface area (Å²) in [5.74, 6) is 0. The summed E-state index contributed by atoms with van der Waals surface area (Å²) in [6, 6.07) is 11.0. The maximum atomic E-state index is 2.41. The largest absolute Gasteiger partial charge is 0.212 e. The van der Waals surface area contributed by atoms with Gasteiger partial charge in [0.1, 0.15) is 7.05 Å². The highest BCUT2D eigenvalue weighted by Gasteiger charge is 2.27. The van der Waals surface area contributed by atoms with E-state index in [9.17, 15) is 0 Å². The molecule has 0 atom stereocenters. The minimum absolute atomic E-state index is 0.260. The third-order valence-electron chi connectivity index (χ3n) is 5.11. The highest BCUT2D eigenvalue weighted by molar-refractivity contribution is 5.62. The van der Waals surface area contributed by atoms with E-state index in [1.54, 1.807) is 0 Å². The molecule has 0 aliphatic rings. The van der Waals surface area contributed by atoms with Crippen molar-refractivity contribution < 1.29 is 4.57 Å². The molecule has 112 valence electrons. The fraction of sp³-hybridized carbons (Fsp3) is 0.450. The normalized spacial score (nSPS) is 11.7. The van der Waals surface area contributed by atoms with Crippen LogP contribution in [0, 0.1) is 13.8 Å². The van der Waals surface area contributed by atoms with E-state index in [0.29, 0.717) is 0 Å². The molecule has 0 saturated carbocycles. The zero-order chi connectivity index (χ0) is 15.6. The first kappa shape index (κ1) is 15.8. The van der Waals surface area contributed by atoms with Gasteiger partial charge in [-0.3, -0.25) is 0 Å². The molecule has 0 bridgehead atoms. The standard InChI is InChI=1S/C20H28N/c1-7-20(5,8-2)18-13-19(21(6)14-16(18)4)17-12-10-9-11-15(17)3/h9-14H,7-8H2,1-6H3/q+1. The van der Waals surface area contributed by atoms with E-state index >= 15 is 0 Å². The quantitative estimate of drug-likeness (QED) is 0.704. The maximum Gasteiger partial charge on any atom is 0.212 e. The van der Waals surface area contributed by atoms with E-state index in [0.717, 1.165) is 0 Å². The van der Waals surface area contributed by atoms with Gasteiger partial charge in [0.2, 0.25) is 5.69 Å². The van der Waals surface area contributed by atoms with Gasteiger partial charge < -0.3 is 0 Å². The van der Waals surface area contributed by atoms with Crippen LogP contribution in [-0.2, 0) is 12.5 Å². The molecule has 0 radical (unpaired) electrons. The third kappa shape index (κ3) is 2.88. The molecular formula is C20H28N+. The van der Waals surface area contributed by atoms with Crippen LogP contribution in [0.15, 0.2) is 36.5 Å². The van der Waals surface area contributed by atoms with Crippen LogP contribution in [0.1, 0.15) is 50.3 Å². The van der Waals surface area contributed by atoms with Gasteiger partial charge in [-0.1, -0.05) is 39.0 Å². The molecule has 1 heterocycles. The van der Waals surface area contributed by atoms with Gasteiger partial charge in [0.25, 0.3) is 0 Å². The fourth-order valence-corrected chi connectivity index (χ4v) is 3.19.